The highest BCUT2D eigenvalue weighted by Gasteiger charge is 2.27. The monoisotopic (exact) mass is 270 g/mol. The topological polar surface area (TPSA) is 93.2 Å². The molecule has 2 N–H and O–H groups in total. The fourth-order valence-electron chi connectivity index (χ4n) is 2.07. The van der Waals surface area contributed by atoms with Crippen molar-refractivity contribution in [3.05, 3.63) is 15.8 Å². The predicted molar refractivity (Wildman–Crippen MR) is 73.4 cm³/mol. The van der Waals surface area contributed by atoms with Crippen LogP contribution in [0.1, 0.15) is 45.9 Å². The molecule has 0 saturated carbocycles. The lowest BCUT2D eigenvalue weighted by atomic mass is 10.1. The Morgan fingerprint density at radius 2 is 2.00 bits per heavy atom. The van der Waals surface area contributed by atoms with Gasteiger partial charge in [-0.2, -0.15) is 5.10 Å². The van der Waals surface area contributed by atoms with E-state index in [1.165, 1.54) is 0 Å². The number of aliphatic hydroxyl groups excluding tert-OH is 1. The molecule has 0 saturated heterocycles. The van der Waals surface area contributed by atoms with Gasteiger partial charge in [-0.05, 0) is 41.0 Å². The lowest BCUT2D eigenvalue weighted by Crippen LogP contribution is -2.23. The van der Waals surface area contributed by atoms with E-state index < -0.39 is 11.0 Å². The van der Waals surface area contributed by atoms with Gasteiger partial charge >= 0.3 is 5.69 Å². The van der Waals surface area contributed by atoms with Gasteiger partial charge in [0.15, 0.2) is 0 Å². The first-order valence-electron chi connectivity index (χ1n) is 6.42. The predicted octanol–water partition coefficient (Wildman–Crippen LogP) is 2.25. The first kappa shape index (κ1) is 15.4. The summed E-state index contributed by atoms with van der Waals surface area (Å²) in [5.74, 6) is 0.408. The molecule has 1 rings (SSSR count). The van der Waals surface area contributed by atoms with Gasteiger partial charge in [-0.3, -0.25) is 10.1 Å². The van der Waals surface area contributed by atoms with Crippen molar-refractivity contribution in [2.24, 2.45) is 0 Å². The van der Waals surface area contributed by atoms with E-state index in [0.717, 1.165) is 0 Å². The Balaban J connectivity index is 3.12. The van der Waals surface area contributed by atoms with Crippen LogP contribution in [0.4, 0.5) is 11.5 Å². The van der Waals surface area contributed by atoms with E-state index in [-0.39, 0.29) is 17.8 Å². The van der Waals surface area contributed by atoms with Crippen molar-refractivity contribution >= 4 is 11.5 Å². The molecular weight excluding hydrogens is 248 g/mol. The fourth-order valence-corrected chi connectivity index (χ4v) is 2.07. The number of rotatable bonds is 6. The van der Waals surface area contributed by atoms with Crippen molar-refractivity contribution in [3.63, 3.8) is 0 Å². The molecular formula is C12H22N4O3. The average molecular weight is 270 g/mol. The third kappa shape index (κ3) is 3.66. The second-order valence-electron chi connectivity index (χ2n) is 5.21. The molecule has 2 unspecified atom stereocenters. The van der Waals surface area contributed by atoms with Gasteiger partial charge in [0, 0.05) is 12.1 Å². The second-order valence-corrected chi connectivity index (χ2v) is 5.21. The molecule has 19 heavy (non-hydrogen) atoms. The van der Waals surface area contributed by atoms with Gasteiger partial charge in [-0.25, -0.2) is 4.68 Å². The van der Waals surface area contributed by atoms with Crippen LogP contribution in [0.5, 0.6) is 0 Å². The number of anilines is 1. The highest BCUT2D eigenvalue weighted by molar-refractivity contribution is 5.60. The van der Waals surface area contributed by atoms with E-state index in [1.54, 1.807) is 18.5 Å². The van der Waals surface area contributed by atoms with E-state index in [2.05, 4.69) is 10.4 Å². The van der Waals surface area contributed by atoms with Crippen molar-refractivity contribution in [2.45, 2.75) is 59.2 Å². The number of nitrogens with zero attached hydrogens (tertiary/aromatic N) is 3. The summed E-state index contributed by atoms with van der Waals surface area (Å²) < 4.78 is 1.62. The molecule has 0 radical (unpaired) electrons. The minimum atomic E-state index is -0.460. The van der Waals surface area contributed by atoms with Crippen molar-refractivity contribution in [3.8, 4) is 0 Å². The van der Waals surface area contributed by atoms with E-state index in [9.17, 15) is 15.2 Å². The largest absolute Gasteiger partial charge is 0.393 e. The zero-order valence-corrected chi connectivity index (χ0v) is 12.0. The molecule has 7 nitrogen and oxygen atoms in total. The van der Waals surface area contributed by atoms with Crippen LogP contribution in [0.3, 0.4) is 0 Å². The Kier molecular flexibility index (Phi) is 4.88. The highest BCUT2D eigenvalue weighted by atomic mass is 16.6. The van der Waals surface area contributed by atoms with Crippen LogP contribution in [-0.4, -0.2) is 32.0 Å². The minimum Gasteiger partial charge on any atom is -0.393 e. The first-order chi connectivity index (χ1) is 8.73. The van der Waals surface area contributed by atoms with Gasteiger partial charge in [0.05, 0.1) is 11.0 Å². The number of hydrogen-bond acceptors (Lipinski definition) is 5. The Morgan fingerprint density at radius 1 is 1.42 bits per heavy atom. The molecule has 0 bridgehead atoms. The highest BCUT2D eigenvalue weighted by Crippen LogP contribution is 2.31. The minimum absolute atomic E-state index is 0.00569. The second kappa shape index (κ2) is 6.01. The van der Waals surface area contributed by atoms with E-state index in [4.69, 9.17) is 0 Å². The smallest absolute Gasteiger partial charge is 0.333 e. The average Bonchev–Trinajstić information content (AvgIpc) is 2.53. The number of aryl methyl sites for hydroxylation is 1. The van der Waals surface area contributed by atoms with Crippen LogP contribution in [0.15, 0.2) is 0 Å². The summed E-state index contributed by atoms with van der Waals surface area (Å²) in [4.78, 5) is 10.7. The van der Waals surface area contributed by atoms with Crippen LogP contribution in [0.25, 0.3) is 0 Å². The molecule has 0 spiro atoms. The number of nitrogens with one attached hydrogen (secondary N) is 1. The summed E-state index contributed by atoms with van der Waals surface area (Å²) in [7, 11) is 0. The third-order valence-corrected chi connectivity index (χ3v) is 2.80. The summed E-state index contributed by atoms with van der Waals surface area (Å²) in [5.41, 5.74) is 0.400. The third-order valence-electron chi connectivity index (χ3n) is 2.80. The molecule has 0 aliphatic carbocycles. The molecule has 0 amide bonds. The number of nitro groups is 1. The summed E-state index contributed by atoms with van der Waals surface area (Å²) in [5, 5.41) is 27.8. The Bertz CT molecular complexity index is 454. The van der Waals surface area contributed by atoms with E-state index in [1.807, 2.05) is 20.8 Å². The van der Waals surface area contributed by atoms with Crippen molar-refractivity contribution in [1.29, 1.82) is 0 Å². The van der Waals surface area contributed by atoms with Crippen LogP contribution in [-0.2, 0) is 0 Å². The number of aromatic nitrogens is 2. The lowest BCUT2D eigenvalue weighted by molar-refractivity contribution is -0.384. The summed E-state index contributed by atoms with van der Waals surface area (Å²) in [6.07, 6.45) is 0.0533. The maximum atomic E-state index is 11.1. The first-order valence-corrected chi connectivity index (χ1v) is 6.42. The van der Waals surface area contributed by atoms with Crippen LogP contribution in [0, 0.1) is 17.0 Å². The molecule has 0 aliphatic heterocycles. The van der Waals surface area contributed by atoms with Gasteiger partial charge in [-0.1, -0.05) is 0 Å². The molecule has 1 heterocycles. The van der Waals surface area contributed by atoms with Crippen LogP contribution in [0.2, 0.25) is 0 Å². The summed E-state index contributed by atoms with van der Waals surface area (Å²) >= 11 is 0. The standard InChI is InChI=1S/C12H22N4O3/c1-7(2)15-12(13-8(3)6-9(4)17)11(16(18)19)10(5)14-15/h7-9,13,17H,6H2,1-5H3. The fraction of sp³-hybridized carbons (Fsp3) is 0.750. The molecule has 1 aromatic rings. The van der Waals surface area contributed by atoms with E-state index in [0.29, 0.717) is 17.9 Å². The normalized spacial score (nSPS) is 14.5. The van der Waals surface area contributed by atoms with Crippen molar-refractivity contribution < 1.29 is 10.0 Å². The van der Waals surface area contributed by atoms with Crippen LogP contribution >= 0.6 is 0 Å². The van der Waals surface area contributed by atoms with Gasteiger partial charge in [0.1, 0.15) is 5.69 Å². The summed E-state index contributed by atoms with van der Waals surface area (Å²) in [6, 6.07) is -0.0547. The lowest BCUT2D eigenvalue weighted by Gasteiger charge is -2.18. The maximum absolute atomic E-state index is 11.1. The summed E-state index contributed by atoms with van der Waals surface area (Å²) in [6.45, 7) is 9.03. The number of aliphatic hydroxyl groups is 1. The molecule has 0 fully saturated rings. The SMILES string of the molecule is Cc1nn(C(C)C)c(NC(C)CC(C)O)c1[N+](=O)[O-]. The quantitative estimate of drug-likeness (QED) is 0.611. The van der Waals surface area contributed by atoms with Gasteiger partial charge in [0.2, 0.25) is 5.82 Å². The van der Waals surface area contributed by atoms with Gasteiger partial charge < -0.3 is 10.4 Å². The van der Waals surface area contributed by atoms with E-state index >= 15 is 0 Å². The molecule has 1 aromatic heterocycles. The number of hydrogen-bond donors (Lipinski definition) is 2. The molecule has 2 atom stereocenters. The van der Waals surface area contributed by atoms with Crippen molar-refractivity contribution in [1.82, 2.24) is 9.78 Å². The molecule has 108 valence electrons. The Labute approximate surface area is 112 Å². The zero-order valence-electron chi connectivity index (χ0n) is 12.0. The molecule has 7 heteroatoms. The van der Waals surface area contributed by atoms with Crippen LogP contribution < -0.4 is 5.32 Å². The van der Waals surface area contributed by atoms with Gasteiger partial charge in [0.25, 0.3) is 0 Å². The zero-order chi connectivity index (χ0) is 14.7. The van der Waals surface area contributed by atoms with Gasteiger partial charge in [-0.15, -0.1) is 0 Å². The molecule has 0 aliphatic rings. The Hall–Kier alpha value is -1.63. The maximum Gasteiger partial charge on any atom is 0.333 e. The van der Waals surface area contributed by atoms with Crippen molar-refractivity contribution in [2.75, 3.05) is 5.32 Å². The molecule has 0 aromatic carbocycles. The Morgan fingerprint density at radius 3 is 2.42 bits per heavy atom.